The Labute approximate surface area is 118 Å². The Morgan fingerprint density at radius 2 is 1.89 bits per heavy atom. The van der Waals surface area contributed by atoms with Crippen molar-refractivity contribution in [3.8, 4) is 0 Å². The Kier molecular flexibility index (Phi) is 4.89. The fraction of sp³-hybridized carbons (Fsp3) is 0.455. The molecule has 0 bridgehead atoms. The first-order valence-corrected chi connectivity index (χ1v) is 7.56. The highest BCUT2D eigenvalue weighted by Crippen LogP contribution is 2.32. The number of nitrogens with two attached hydrogens (primary N) is 1. The van der Waals surface area contributed by atoms with Crippen molar-refractivity contribution in [3.05, 3.63) is 22.2 Å². The molecule has 1 rings (SSSR count). The van der Waals surface area contributed by atoms with Crippen molar-refractivity contribution in [3.63, 3.8) is 0 Å². The Balaban J connectivity index is 3.29. The molecule has 102 valence electrons. The number of benzene rings is 1. The topological polar surface area (TPSA) is 63.4 Å². The second-order valence-corrected chi connectivity index (χ2v) is 7.31. The van der Waals surface area contributed by atoms with Crippen molar-refractivity contribution >= 4 is 38.9 Å². The van der Waals surface area contributed by atoms with Crippen LogP contribution in [0.4, 0.5) is 5.69 Å². The van der Waals surface area contributed by atoms with Gasteiger partial charge in [0, 0.05) is 18.6 Å². The molecule has 18 heavy (non-hydrogen) atoms. The molecule has 0 atom stereocenters. The van der Waals surface area contributed by atoms with E-state index in [1.807, 2.05) is 13.8 Å². The van der Waals surface area contributed by atoms with Gasteiger partial charge in [-0.25, -0.2) is 12.7 Å². The molecule has 0 aromatic heterocycles. The minimum atomic E-state index is -3.69. The monoisotopic (exact) mass is 310 g/mol. The van der Waals surface area contributed by atoms with Crippen LogP contribution in [-0.2, 0) is 10.0 Å². The highest BCUT2D eigenvalue weighted by Gasteiger charge is 2.27. The largest absolute Gasteiger partial charge is 0.398 e. The van der Waals surface area contributed by atoms with Gasteiger partial charge in [0.05, 0.1) is 10.7 Å². The lowest BCUT2D eigenvalue weighted by Crippen LogP contribution is -2.31. The average Bonchev–Trinajstić information content (AvgIpc) is 2.13. The van der Waals surface area contributed by atoms with Gasteiger partial charge in [-0.3, -0.25) is 0 Å². The molecule has 2 N–H and O–H groups in total. The second kappa shape index (κ2) is 5.65. The molecule has 0 aliphatic rings. The van der Waals surface area contributed by atoms with Crippen LogP contribution in [0.2, 0.25) is 10.0 Å². The average molecular weight is 311 g/mol. The van der Waals surface area contributed by atoms with Gasteiger partial charge < -0.3 is 5.73 Å². The molecule has 0 aliphatic heterocycles. The van der Waals surface area contributed by atoms with E-state index in [0.717, 1.165) is 0 Å². The van der Waals surface area contributed by atoms with Crippen LogP contribution in [0.5, 0.6) is 0 Å². The summed E-state index contributed by atoms with van der Waals surface area (Å²) in [5.41, 5.74) is 5.76. The molecule has 0 amide bonds. The van der Waals surface area contributed by atoms with Gasteiger partial charge in [-0.2, -0.15) is 0 Å². The third-order valence-electron chi connectivity index (χ3n) is 2.33. The third-order valence-corrected chi connectivity index (χ3v) is 4.90. The molecular weight excluding hydrogens is 295 g/mol. The Morgan fingerprint density at radius 3 is 2.33 bits per heavy atom. The van der Waals surface area contributed by atoms with E-state index in [0.29, 0.717) is 11.6 Å². The van der Waals surface area contributed by atoms with Gasteiger partial charge in [0.2, 0.25) is 10.0 Å². The lowest BCUT2D eigenvalue weighted by atomic mass is 10.2. The molecular formula is C11H16Cl2N2O2S. The van der Waals surface area contributed by atoms with E-state index in [1.54, 1.807) is 0 Å². The number of halogens is 2. The lowest BCUT2D eigenvalue weighted by molar-refractivity contribution is 0.417. The maximum absolute atomic E-state index is 12.3. The fourth-order valence-corrected chi connectivity index (χ4v) is 3.89. The van der Waals surface area contributed by atoms with Gasteiger partial charge in [0.1, 0.15) is 4.90 Å². The van der Waals surface area contributed by atoms with Gasteiger partial charge in [-0.1, -0.05) is 37.0 Å². The van der Waals surface area contributed by atoms with Crippen LogP contribution in [0.1, 0.15) is 13.8 Å². The van der Waals surface area contributed by atoms with E-state index >= 15 is 0 Å². The minimum Gasteiger partial charge on any atom is -0.398 e. The summed E-state index contributed by atoms with van der Waals surface area (Å²) in [6, 6.07) is 2.75. The first kappa shape index (κ1) is 15.6. The molecule has 1 aromatic rings. The maximum Gasteiger partial charge on any atom is 0.246 e. The predicted molar refractivity (Wildman–Crippen MR) is 75.5 cm³/mol. The second-order valence-electron chi connectivity index (χ2n) is 4.49. The summed E-state index contributed by atoms with van der Waals surface area (Å²) in [6.07, 6.45) is 0. The molecule has 1 aromatic carbocycles. The van der Waals surface area contributed by atoms with E-state index < -0.39 is 10.0 Å². The highest BCUT2D eigenvalue weighted by atomic mass is 35.5. The minimum absolute atomic E-state index is 0.0376. The van der Waals surface area contributed by atoms with Gasteiger partial charge >= 0.3 is 0 Å². The molecule has 0 spiro atoms. The summed E-state index contributed by atoms with van der Waals surface area (Å²) in [6.45, 7) is 4.25. The number of anilines is 1. The molecule has 7 heteroatoms. The number of hydrogen-bond donors (Lipinski definition) is 1. The van der Waals surface area contributed by atoms with Crippen LogP contribution in [0.15, 0.2) is 17.0 Å². The smallest absolute Gasteiger partial charge is 0.246 e. The number of nitrogen functional groups attached to an aromatic ring is 1. The zero-order chi connectivity index (χ0) is 14.1. The fourth-order valence-electron chi connectivity index (χ4n) is 1.62. The van der Waals surface area contributed by atoms with Crippen LogP contribution < -0.4 is 5.73 Å². The molecule has 0 saturated carbocycles. The van der Waals surface area contributed by atoms with Crippen molar-refractivity contribution in [2.45, 2.75) is 18.7 Å². The Bertz CT molecular complexity index is 521. The molecule has 0 radical (unpaired) electrons. The zero-order valence-electron chi connectivity index (χ0n) is 10.4. The molecule has 0 heterocycles. The van der Waals surface area contributed by atoms with Gasteiger partial charge in [0.15, 0.2) is 0 Å². The number of hydrogen-bond acceptors (Lipinski definition) is 3. The van der Waals surface area contributed by atoms with E-state index in [1.165, 1.54) is 23.5 Å². The van der Waals surface area contributed by atoms with E-state index in [2.05, 4.69) is 0 Å². The van der Waals surface area contributed by atoms with E-state index in [-0.39, 0.29) is 21.5 Å². The number of nitrogens with zero attached hydrogens (tertiary/aromatic N) is 1. The van der Waals surface area contributed by atoms with Gasteiger partial charge in [-0.15, -0.1) is 0 Å². The van der Waals surface area contributed by atoms with Crippen molar-refractivity contribution < 1.29 is 8.42 Å². The zero-order valence-corrected chi connectivity index (χ0v) is 12.8. The van der Waals surface area contributed by atoms with Crippen molar-refractivity contribution in [1.82, 2.24) is 4.31 Å². The van der Waals surface area contributed by atoms with E-state index in [9.17, 15) is 8.42 Å². The lowest BCUT2D eigenvalue weighted by Gasteiger charge is -2.21. The standard InChI is InChI=1S/C11H16Cl2N2O2S/c1-7(2)6-15(3)18(16,17)11-9(13)4-8(12)5-10(11)14/h4-5,7H,6,14H2,1-3H3. The summed E-state index contributed by atoms with van der Waals surface area (Å²) in [7, 11) is -2.19. The summed E-state index contributed by atoms with van der Waals surface area (Å²) in [4.78, 5) is -0.0864. The third kappa shape index (κ3) is 3.29. The summed E-state index contributed by atoms with van der Waals surface area (Å²) < 4.78 is 25.9. The highest BCUT2D eigenvalue weighted by molar-refractivity contribution is 7.89. The van der Waals surface area contributed by atoms with Crippen molar-refractivity contribution in [2.75, 3.05) is 19.3 Å². The van der Waals surface area contributed by atoms with Crippen LogP contribution in [0.25, 0.3) is 0 Å². The first-order valence-electron chi connectivity index (χ1n) is 5.37. The normalized spacial score (nSPS) is 12.4. The molecule has 0 aliphatic carbocycles. The van der Waals surface area contributed by atoms with Crippen molar-refractivity contribution in [1.29, 1.82) is 0 Å². The van der Waals surface area contributed by atoms with Crippen molar-refractivity contribution in [2.24, 2.45) is 5.92 Å². The first-order chi connectivity index (χ1) is 8.16. The van der Waals surface area contributed by atoms with Crippen LogP contribution in [0, 0.1) is 5.92 Å². The van der Waals surface area contributed by atoms with Gasteiger partial charge in [0.25, 0.3) is 0 Å². The van der Waals surface area contributed by atoms with Gasteiger partial charge in [-0.05, 0) is 18.1 Å². The molecule has 0 saturated heterocycles. The van der Waals surface area contributed by atoms with Crippen LogP contribution >= 0.6 is 23.2 Å². The number of sulfonamides is 1. The quantitative estimate of drug-likeness (QED) is 0.870. The molecule has 0 unspecified atom stereocenters. The Hall–Kier alpha value is -0.490. The molecule has 0 fully saturated rings. The van der Waals surface area contributed by atoms with E-state index in [4.69, 9.17) is 28.9 Å². The van der Waals surface area contributed by atoms with Crippen LogP contribution in [0.3, 0.4) is 0 Å². The van der Waals surface area contributed by atoms with Crippen LogP contribution in [-0.4, -0.2) is 26.3 Å². The predicted octanol–water partition coefficient (Wildman–Crippen LogP) is 2.85. The Morgan fingerprint density at radius 1 is 1.33 bits per heavy atom. The summed E-state index contributed by atoms with van der Waals surface area (Å²) in [5.74, 6) is 0.206. The summed E-state index contributed by atoms with van der Waals surface area (Å²) in [5, 5.41) is 0.346. The SMILES string of the molecule is CC(C)CN(C)S(=O)(=O)c1c(N)cc(Cl)cc1Cl. The maximum atomic E-state index is 12.3. The number of rotatable bonds is 4. The molecule has 4 nitrogen and oxygen atoms in total. The summed E-state index contributed by atoms with van der Waals surface area (Å²) >= 11 is 11.7.